The lowest BCUT2D eigenvalue weighted by Crippen LogP contribution is -2.52. The molecule has 11 nitrogen and oxygen atoms in total. The molecule has 0 aliphatic carbocycles. The van der Waals surface area contributed by atoms with Crippen LogP contribution < -0.4 is 20.5 Å². The number of nitrogens with two attached hydrogens (primary N) is 1. The van der Waals surface area contributed by atoms with Gasteiger partial charge in [-0.15, -0.1) is 0 Å². The van der Waals surface area contributed by atoms with Crippen LogP contribution in [0.5, 0.6) is 11.5 Å². The van der Waals surface area contributed by atoms with E-state index >= 15 is 0 Å². The quantitative estimate of drug-likeness (QED) is 0.219. The van der Waals surface area contributed by atoms with Crippen molar-refractivity contribution in [1.29, 1.82) is 0 Å². The molecule has 0 aromatic heterocycles. The predicted molar refractivity (Wildman–Crippen MR) is 186 cm³/mol. The molecule has 1 fully saturated rings. The average Bonchev–Trinajstić information content (AvgIpc) is 3.61. The van der Waals surface area contributed by atoms with Crippen LogP contribution in [0.15, 0.2) is 48.5 Å². The van der Waals surface area contributed by atoms with Gasteiger partial charge in [-0.1, -0.05) is 57.5 Å². The summed E-state index contributed by atoms with van der Waals surface area (Å²) in [4.78, 5) is 42.5. The first-order chi connectivity index (χ1) is 23.1. The molecule has 48 heavy (non-hydrogen) atoms. The Morgan fingerprint density at radius 2 is 1.69 bits per heavy atom. The summed E-state index contributed by atoms with van der Waals surface area (Å²) in [5, 5.41) is 2.93. The zero-order valence-electron chi connectivity index (χ0n) is 30.0. The van der Waals surface area contributed by atoms with Crippen LogP contribution in [0.1, 0.15) is 64.0 Å². The van der Waals surface area contributed by atoms with Crippen molar-refractivity contribution in [3.8, 4) is 11.5 Å². The number of methoxy groups -OCH3 is 4. The third-order valence-corrected chi connectivity index (χ3v) is 9.02. The summed E-state index contributed by atoms with van der Waals surface area (Å²) < 4.78 is 28.0. The Balaban J connectivity index is 0.00000392. The molecule has 0 bridgehead atoms. The molecule has 268 valence electrons. The van der Waals surface area contributed by atoms with Crippen molar-refractivity contribution in [2.24, 2.45) is 17.6 Å². The van der Waals surface area contributed by atoms with Gasteiger partial charge in [0.2, 0.25) is 11.8 Å². The number of nitrogens with one attached hydrogen (secondary N) is 1. The van der Waals surface area contributed by atoms with E-state index in [1.54, 1.807) is 46.5 Å². The first-order valence-electron chi connectivity index (χ1n) is 16.8. The summed E-state index contributed by atoms with van der Waals surface area (Å²) >= 11 is 0. The molecule has 0 radical (unpaired) electrons. The number of carbonyl (C=O) groups is 3. The Morgan fingerprint density at radius 1 is 0.979 bits per heavy atom. The van der Waals surface area contributed by atoms with Crippen LogP contribution in [0.25, 0.3) is 0 Å². The number of esters is 1. The lowest BCUT2D eigenvalue weighted by atomic mass is 9.93. The zero-order chi connectivity index (χ0) is 35.6. The van der Waals surface area contributed by atoms with Gasteiger partial charge in [0.15, 0.2) is 0 Å². The highest BCUT2D eigenvalue weighted by atomic mass is 16.5. The molecule has 3 N–H and O–H groups in total. The number of hydrogen-bond acceptors (Lipinski definition) is 9. The highest BCUT2D eigenvalue weighted by molar-refractivity contribution is 5.86. The normalized spacial score (nSPS) is 17.2. The number of carbonyl (C=O) groups excluding carboxylic acids is 3. The molecular weight excluding hydrogens is 614 g/mol. The SMILES string of the molecule is CC[C@H](C)C[C@@H](CC(=O)N1CCCC1C(OC)C(C)C(=O)N[C@@H](Cc1ccccc1)C(=O)OCc1ccc(OC)cc1OC)OC.CN. The molecule has 2 aromatic carbocycles. The maximum absolute atomic E-state index is 13.7. The number of amides is 2. The minimum absolute atomic E-state index is 0.00630. The Kier molecular flexibility index (Phi) is 18.0. The lowest BCUT2D eigenvalue weighted by Gasteiger charge is -2.35. The van der Waals surface area contributed by atoms with Crippen LogP contribution in [0, 0.1) is 11.8 Å². The molecule has 1 heterocycles. The largest absolute Gasteiger partial charge is 0.497 e. The van der Waals surface area contributed by atoms with Gasteiger partial charge < -0.3 is 39.6 Å². The van der Waals surface area contributed by atoms with E-state index in [2.05, 4.69) is 24.9 Å². The van der Waals surface area contributed by atoms with Gasteiger partial charge in [-0.25, -0.2) is 4.79 Å². The molecule has 1 aliphatic rings. The molecule has 6 atom stereocenters. The Labute approximate surface area is 286 Å². The number of benzene rings is 2. The summed E-state index contributed by atoms with van der Waals surface area (Å²) in [5.74, 6) is 0.0470. The van der Waals surface area contributed by atoms with Gasteiger partial charge in [0.05, 0.1) is 44.8 Å². The van der Waals surface area contributed by atoms with E-state index in [4.69, 9.17) is 23.7 Å². The van der Waals surface area contributed by atoms with E-state index in [9.17, 15) is 14.4 Å². The minimum atomic E-state index is -0.941. The standard InChI is InChI=1S/C36H52N2O8.CH5N/c1-8-24(2)19-29(43-5)22-33(39)38-18-12-15-31(38)34(45-7)25(3)35(40)37-30(20-26-13-10-9-11-14-26)36(41)46-23-27-16-17-28(42-4)21-32(27)44-6;1-2/h9-11,13-14,16-17,21,24-25,29-31,34H,8,12,15,18-20,22-23H2,1-7H3,(H,37,40);2H2,1H3/t24-,25?,29-,30-,31?,34?;/m0./s1. The molecule has 0 saturated carbocycles. The van der Waals surface area contributed by atoms with Crippen molar-refractivity contribution in [2.75, 3.05) is 42.0 Å². The van der Waals surface area contributed by atoms with Crippen LogP contribution in [0.3, 0.4) is 0 Å². The number of hydrogen-bond donors (Lipinski definition) is 2. The Hall–Kier alpha value is -3.67. The summed E-state index contributed by atoms with van der Waals surface area (Å²) in [6.45, 7) is 6.64. The second kappa shape index (κ2) is 21.3. The molecule has 2 aromatic rings. The fraction of sp³-hybridized carbons (Fsp3) is 0.595. The van der Waals surface area contributed by atoms with Crippen LogP contribution in [-0.2, 0) is 41.6 Å². The topological polar surface area (TPSA) is 139 Å². The second-order valence-electron chi connectivity index (χ2n) is 12.1. The van der Waals surface area contributed by atoms with Crippen molar-refractivity contribution in [3.05, 3.63) is 59.7 Å². The fourth-order valence-corrected chi connectivity index (χ4v) is 6.04. The van der Waals surface area contributed by atoms with Gasteiger partial charge in [-0.3, -0.25) is 9.59 Å². The second-order valence-corrected chi connectivity index (χ2v) is 12.1. The first kappa shape index (κ1) is 40.5. The van der Waals surface area contributed by atoms with Gasteiger partial charge in [0, 0.05) is 38.8 Å². The van der Waals surface area contributed by atoms with Crippen molar-refractivity contribution in [3.63, 3.8) is 0 Å². The summed E-state index contributed by atoms with van der Waals surface area (Å²) in [5.41, 5.74) is 6.04. The fourth-order valence-electron chi connectivity index (χ4n) is 6.04. The van der Waals surface area contributed by atoms with Gasteiger partial charge in [0.25, 0.3) is 0 Å². The molecule has 3 unspecified atom stereocenters. The average molecular weight is 672 g/mol. The maximum Gasteiger partial charge on any atom is 0.329 e. The van der Waals surface area contributed by atoms with Crippen molar-refractivity contribution < 1.29 is 38.1 Å². The van der Waals surface area contributed by atoms with Gasteiger partial charge in [-0.2, -0.15) is 0 Å². The smallest absolute Gasteiger partial charge is 0.329 e. The van der Waals surface area contributed by atoms with E-state index in [1.807, 2.05) is 35.2 Å². The third-order valence-electron chi connectivity index (χ3n) is 9.02. The number of ether oxygens (including phenoxy) is 5. The third kappa shape index (κ3) is 11.8. The molecular formula is C37H57N3O8. The molecule has 0 spiro atoms. The number of nitrogens with zero attached hydrogens (tertiary/aromatic N) is 1. The van der Waals surface area contributed by atoms with Crippen molar-refractivity contribution >= 4 is 17.8 Å². The summed E-state index contributed by atoms with van der Waals surface area (Å²) in [6, 6.07) is 13.5. The van der Waals surface area contributed by atoms with E-state index in [-0.39, 0.29) is 37.0 Å². The van der Waals surface area contributed by atoms with Crippen LogP contribution in [0.4, 0.5) is 0 Å². The van der Waals surface area contributed by atoms with Crippen LogP contribution in [-0.4, -0.2) is 89.0 Å². The highest BCUT2D eigenvalue weighted by Crippen LogP contribution is 2.29. The van der Waals surface area contributed by atoms with Crippen LogP contribution in [0.2, 0.25) is 0 Å². The predicted octanol–water partition coefficient (Wildman–Crippen LogP) is 4.53. The Morgan fingerprint density at radius 3 is 2.29 bits per heavy atom. The highest BCUT2D eigenvalue weighted by Gasteiger charge is 2.41. The van der Waals surface area contributed by atoms with Gasteiger partial charge >= 0.3 is 5.97 Å². The monoisotopic (exact) mass is 671 g/mol. The summed E-state index contributed by atoms with van der Waals surface area (Å²) in [7, 11) is 7.81. The summed E-state index contributed by atoms with van der Waals surface area (Å²) in [6.07, 6.45) is 3.21. The molecule has 11 heteroatoms. The van der Waals surface area contributed by atoms with Crippen molar-refractivity contribution in [2.45, 2.75) is 90.2 Å². The first-order valence-corrected chi connectivity index (χ1v) is 16.8. The van der Waals surface area contributed by atoms with E-state index in [0.717, 1.165) is 31.2 Å². The molecule has 3 rings (SSSR count). The van der Waals surface area contributed by atoms with Gasteiger partial charge in [0.1, 0.15) is 24.1 Å². The van der Waals surface area contributed by atoms with E-state index in [0.29, 0.717) is 35.9 Å². The van der Waals surface area contributed by atoms with Crippen molar-refractivity contribution in [1.82, 2.24) is 10.2 Å². The van der Waals surface area contributed by atoms with E-state index < -0.39 is 24.0 Å². The molecule has 1 saturated heterocycles. The van der Waals surface area contributed by atoms with E-state index in [1.165, 1.54) is 14.2 Å². The molecule has 2 amide bonds. The number of rotatable bonds is 18. The Bertz CT molecular complexity index is 1260. The zero-order valence-corrected chi connectivity index (χ0v) is 30.0. The number of likely N-dealkylation sites (tertiary alicyclic amines) is 1. The lowest BCUT2D eigenvalue weighted by molar-refractivity contribution is -0.150. The molecule has 1 aliphatic heterocycles. The van der Waals surface area contributed by atoms with Crippen LogP contribution >= 0.6 is 0 Å². The minimum Gasteiger partial charge on any atom is -0.497 e. The van der Waals surface area contributed by atoms with Gasteiger partial charge in [-0.05, 0) is 49.9 Å². The maximum atomic E-state index is 13.7.